The summed E-state index contributed by atoms with van der Waals surface area (Å²) in [5.74, 6) is 0.497. The van der Waals surface area contributed by atoms with Crippen LogP contribution in [-0.2, 0) is 9.53 Å². The average molecular weight is 425 g/mol. The largest absolute Gasteiger partial charge is 0.458 e. The van der Waals surface area contributed by atoms with Crippen molar-refractivity contribution in [3.8, 4) is 17.1 Å². The molecular weight excluding hydrogens is 396 g/mol. The minimum atomic E-state index is -0.692. The molecule has 0 saturated heterocycles. The highest BCUT2D eigenvalue weighted by atomic mass is 16.6. The molecule has 0 aliphatic rings. The van der Waals surface area contributed by atoms with Crippen LogP contribution in [0.5, 0.6) is 5.75 Å². The van der Waals surface area contributed by atoms with E-state index in [1.54, 1.807) is 58.0 Å². The summed E-state index contributed by atoms with van der Waals surface area (Å²) in [7, 11) is 0. The fourth-order valence-electron chi connectivity index (χ4n) is 2.42. The third-order valence-corrected chi connectivity index (χ3v) is 3.84. The molecule has 164 valence electrons. The fraction of sp³-hybridized carbons (Fsp3) is 0.304. The van der Waals surface area contributed by atoms with Crippen molar-refractivity contribution < 1.29 is 19.1 Å². The van der Waals surface area contributed by atoms with Crippen molar-refractivity contribution in [2.45, 2.75) is 46.3 Å². The number of primary amides is 1. The van der Waals surface area contributed by atoms with Crippen LogP contribution in [0.25, 0.3) is 11.4 Å². The van der Waals surface area contributed by atoms with Gasteiger partial charge in [0.05, 0.1) is 0 Å². The first-order valence-corrected chi connectivity index (χ1v) is 9.76. The topological polar surface area (TPSA) is 116 Å². The Labute approximate surface area is 182 Å². The number of benzene rings is 1. The normalized spacial score (nSPS) is 12.3. The van der Waals surface area contributed by atoms with Crippen molar-refractivity contribution in [2.24, 2.45) is 5.73 Å². The van der Waals surface area contributed by atoms with E-state index in [9.17, 15) is 9.59 Å². The van der Waals surface area contributed by atoms with Gasteiger partial charge in [0.1, 0.15) is 29.0 Å². The molecular formula is C23H28N4O4. The zero-order valence-electron chi connectivity index (χ0n) is 18.4. The van der Waals surface area contributed by atoms with Gasteiger partial charge in [0.25, 0.3) is 0 Å². The van der Waals surface area contributed by atoms with Crippen LogP contribution in [0.15, 0.2) is 54.8 Å². The summed E-state index contributed by atoms with van der Waals surface area (Å²) in [5.41, 5.74) is 5.34. The van der Waals surface area contributed by atoms with Gasteiger partial charge < -0.3 is 20.5 Å². The number of ether oxygens (including phenoxy) is 2. The molecule has 1 aromatic heterocycles. The Bertz CT molecular complexity index is 992. The predicted octanol–water partition coefficient (Wildman–Crippen LogP) is 3.85. The van der Waals surface area contributed by atoms with Gasteiger partial charge in [-0.05, 0) is 65.0 Å². The molecule has 0 saturated carbocycles. The minimum absolute atomic E-state index is 0.0564. The van der Waals surface area contributed by atoms with Crippen LogP contribution in [-0.4, -0.2) is 33.5 Å². The molecule has 1 amide bonds. The molecule has 0 fully saturated rings. The SMILES string of the molecule is C=C(C=CC)Oc1ccc(-c2nc(NC(C)C(N)=O)cc(C(=O)OC(C)(C)C)n2)cc1. The molecule has 8 nitrogen and oxygen atoms in total. The van der Waals surface area contributed by atoms with Crippen LogP contribution in [0.3, 0.4) is 0 Å². The second kappa shape index (κ2) is 9.88. The van der Waals surface area contributed by atoms with Crippen LogP contribution >= 0.6 is 0 Å². The lowest BCUT2D eigenvalue weighted by Gasteiger charge is -2.20. The van der Waals surface area contributed by atoms with Gasteiger partial charge >= 0.3 is 5.97 Å². The number of nitrogens with zero attached hydrogens (tertiary/aromatic N) is 2. The lowest BCUT2D eigenvalue weighted by atomic mass is 10.2. The van der Waals surface area contributed by atoms with Gasteiger partial charge in [-0.2, -0.15) is 0 Å². The summed E-state index contributed by atoms with van der Waals surface area (Å²) in [6.07, 6.45) is 3.58. The molecule has 1 aromatic carbocycles. The lowest BCUT2D eigenvalue weighted by Crippen LogP contribution is -2.33. The first-order valence-electron chi connectivity index (χ1n) is 9.76. The fourth-order valence-corrected chi connectivity index (χ4v) is 2.42. The summed E-state index contributed by atoms with van der Waals surface area (Å²) >= 11 is 0. The molecule has 8 heteroatoms. The molecule has 0 radical (unpaired) electrons. The molecule has 3 N–H and O–H groups in total. The van der Waals surface area contributed by atoms with Crippen molar-refractivity contribution >= 4 is 17.7 Å². The van der Waals surface area contributed by atoms with E-state index in [0.29, 0.717) is 17.1 Å². The van der Waals surface area contributed by atoms with Crippen LogP contribution in [0, 0.1) is 0 Å². The highest BCUT2D eigenvalue weighted by molar-refractivity contribution is 5.89. The lowest BCUT2D eigenvalue weighted by molar-refractivity contribution is -0.118. The van der Waals surface area contributed by atoms with E-state index in [0.717, 1.165) is 0 Å². The molecule has 0 spiro atoms. The Balaban J connectivity index is 2.40. The summed E-state index contributed by atoms with van der Waals surface area (Å²) in [6, 6.07) is 7.74. The standard InChI is InChI=1S/C23H28N4O4/c1-7-8-14(2)30-17-11-9-16(10-12-17)21-26-18(22(29)31-23(4,5)6)13-19(27-21)25-15(3)20(24)28/h7-13,15H,2H2,1,3-6H3,(H2,24,28)(H,25,26,27). The predicted molar refractivity (Wildman–Crippen MR) is 119 cm³/mol. The molecule has 2 rings (SSSR count). The van der Waals surface area contributed by atoms with Gasteiger partial charge in [0, 0.05) is 11.6 Å². The molecule has 0 bridgehead atoms. The highest BCUT2D eigenvalue weighted by Crippen LogP contribution is 2.23. The van der Waals surface area contributed by atoms with Crippen LogP contribution in [0.1, 0.15) is 45.1 Å². The number of hydrogen-bond acceptors (Lipinski definition) is 7. The van der Waals surface area contributed by atoms with Crippen molar-refractivity contribution in [1.29, 1.82) is 0 Å². The van der Waals surface area contributed by atoms with Crippen molar-refractivity contribution in [1.82, 2.24) is 9.97 Å². The smallest absolute Gasteiger partial charge is 0.357 e. The summed E-state index contributed by atoms with van der Waals surface area (Å²) < 4.78 is 11.0. The van der Waals surface area contributed by atoms with Crippen molar-refractivity contribution in [3.63, 3.8) is 0 Å². The zero-order chi connectivity index (χ0) is 23.2. The Morgan fingerprint density at radius 1 is 1.19 bits per heavy atom. The molecule has 0 aliphatic heterocycles. The van der Waals surface area contributed by atoms with Gasteiger partial charge in [-0.25, -0.2) is 14.8 Å². The van der Waals surface area contributed by atoms with E-state index >= 15 is 0 Å². The van der Waals surface area contributed by atoms with Gasteiger partial charge in [0.2, 0.25) is 5.91 Å². The van der Waals surface area contributed by atoms with Crippen molar-refractivity contribution in [2.75, 3.05) is 5.32 Å². The number of amides is 1. The number of aromatic nitrogens is 2. The maximum Gasteiger partial charge on any atom is 0.357 e. The number of esters is 1. The van der Waals surface area contributed by atoms with Crippen LogP contribution < -0.4 is 15.8 Å². The number of allylic oxidation sites excluding steroid dienone is 2. The second-order valence-corrected chi connectivity index (χ2v) is 7.83. The first-order chi connectivity index (χ1) is 14.5. The highest BCUT2D eigenvalue weighted by Gasteiger charge is 2.21. The first kappa shape index (κ1) is 23.6. The molecule has 1 heterocycles. The average Bonchev–Trinajstić information content (AvgIpc) is 2.67. The molecule has 31 heavy (non-hydrogen) atoms. The number of nitrogens with two attached hydrogens (primary N) is 1. The van der Waals surface area contributed by atoms with E-state index in [2.05, 4.69) is 21.9 Å². The van der Waals surface area contributed by atoms with E-state index in [4.69, 9.17) is 15.2 Å². The quantitative estimate of drug-likeness (QED) is 0.375. The summed E-state index contributed by atoms with van der Waals surface area (Å²) in [4.78, 5) is 32.8. The van der Waals surface area contributed by atoms with Gasteiger partial charge in [-0.1, -0.05) is 12.7 Å². The van der Waals surface area contributed by atoms with E-state index < -0.39 is 23.5 Å². The Kier molecular flexibility index (Phi) is 7.52. The van der Waals surface area contributed by atoms with E-state index in [-0.39, 0.29) is 17.3 Å². The number of carbonyl (C=O) groups excluding carboxylic acids is 2. The van der Waals surface area contributed by atoms with E-state index in [1.165, 1.54) is 6.07 Å². The van der Waals surface area contributed by atoms with E-state index in [1.807, 2.05) is 13.0 Å². The Morgan fingerprint density at radius 3 is 2.39 bits per heavy atom. The monoisotopic (exact) mass is 424 g/mol. The van der Waals surface area contributed by atoms with Crippen molar-refractivity contribution in [3.05, 3.63) is 60.5 Å². The molecule has 1 unspecified atom stereocenters. The number of anilines is 1. The molecule has 1 atom stereocenters. The zero-order valence-corrected chi connectivity index (χ0v) is 18.4. The summed E-state index contributed by atoms with van der Waals surface area (Å²) in [6.45, 7) is 12.6. The molecule has 0 aliphatic carbocycles. The molecule has 2 aromatic rings. The third kappa shape index (κ3) is 7.26. The second-order valence-electron chi connectivity index (χ2n) is 7.83. The Morgan fingerprint density at radius 2 is 1.84 bits per heavy atom. The van der Waals surface area contributed by atoms with Gasteiger partial charge in [-0.15, -0.1) is 0 Å². The number of rotatable bonds is 8. The summed E-state index contributed by atoms with van der Waals surface area (Å²) in [5, 5.41) is 2.88. The van der Waals surface area contributed by atoms with Gasteiger partial charge in [0.15, 0.2) is 11.5 Å². The Hall–Kier alpha value is -3.68. The van der Waals surface area contributed by atoms with Gasteiger partial charge in [-0.3, -0.25) is 4.79 Å². The van der Waals surface area contributed by atoms with Crippen LogP contribution in [0.4, 0.5) is 5.82 Å². The maximum atomic E-state index is 12.6. The third-order valence-electron chi connectivity index (χ3n) is 3.84. The number of nitrogens with one attached hydrogen (secondary N) is 1. The number of carbonyl (C=O) groups is 2. The maximum absolute atomic E-state index is 12.6. The minimum Gasteiger partial charge on any atom is -0.458 e. The van der Waals surface area contributed by atoms with Crippen LogP contribution in [0.2, 0.25) is 0 Å². The number of hydrogen-bond donors (Lipinski definition) is 2.